The summed E-state index contributed by atoms with van der Waals surface area (Å²) in [5, 5.41) is 0. The fourth-order valence-electron chi connectivity index (χ4n) is 1.30. The van der Waals surface area contributed by atoms with Crippen LogP contribution in [-0.4, -0.2) is 6.10 Å². The molecule has 1 aliphatic rings. The molecule has 0 aliphatic heterocycles. The van der Waals surface area contributed by atoms with Gasteiger partial charge in [0.25, 0.3) is 0 Å². The van der Waals surface area contributed by atoms with E-state index >= 15 is 0 Å². The van der Waals surface area contributed by atoms with Crippen molar-refractivity contribution in [1.29, 1.82) is 0 Å². The molecule has 0 N–H and O–H groups in total. The summed E-state index contributed by atoms with van der Waals surface area (Å²) in [4.78, 5) is 0. The highest BCUT2D eigenvalue weighted by atomic mass is 79.9. The highest BCUT2D eigenvalue weighted by molar-refractivity contribution is 9.10. The molecule has 1 nitrogen and oxygen atoms in total. The first-order valence-electron chi connectivity index (χ1n) is 4.74. The van der Waals surface area contributed by atoms with Gasteiger partial charge in [-0.1, -0.05) is 28.9 Å². The van der Waals surface area contributed by atoms with Gasteiger partial charge in [0.15, 0.2) is 0 Å². The Morgan fingerprint density at radius 2 is 2.23 bits per heavy atom. The van der Waals surface area contributed by atoms with E-state index in [1.165, 1.54) is 18.4 Å². The molecule has 70 valence electrons. The van der Waals surface area contributed by atoms with Crippen LogP contribution in [0, 0.1) is 0 Å². The maximum atomic E-state index is 5.80. The molecule has 0 aromatic heterocycles. The van der Waals surface area contributed by atoms with E-state index in [-0.39, 0.29) is 0 Å². The van der Waals surface area contributed by atoms with E-state index in [4.69, 9.17) is 4.74 Å². The number of hydrogen-bond acceptors (Lipinski definition) is 1. The van der Waals surface area contributed by atoms with Gasteiger partial charge in [0.1, 0.15) is 5.75 Å². The zero-order valence-corrected chi connectivity index (χ0v) is 9.30. The first-order valence-corrected chi connectivity index (χ1v) is 5.54. The van der Waals surface area contributed by atoms with Gasteiger partial charge in [0.2, 0.25) is 0 Å². The van der Waals surface area contributed by atoms with Crippen LogP contribution in [0.1, 0.15) is 25.3 Å². The Morgan fingerprint density at radius 3 is 2.85 bits per heavy atom. The molecule has 0 bridgehead atoms. The number of aryl methyl sites for hydroxylation is 1. The van der Waals surface area contributed by atoms with Crippen molar-refractivity contribution >= 4 is 15.9 Å². The summed E-state index contributed by atoms with van der Waals surface area (Å²) in [6.07, 6.45) is 3.96. The Morgan fingerprint density at radius 1 is 1.46 bits per heavy atom. The molecule has 1 aromatic rings. The van der Waals surface area contributed by atoms with E-state index in [9.17, 15) is 0 Å². The molecule has 1 fully saturated rings. The minimum Gasteiger partial charge on any atom is -0.490 e. The number of hydrogen-bond donors (Lipinski definition) is 0. The zero-order valence-electron chi connectivity index (χ0n) is 7.72. The largest absolute Gasteiger partial charge is 0.490 e. The molecule has 1 saturated carbocycles. The van der Waals surface area contributed by atoms with Gasteiger partial charge >= 0.3 is 0 Å². The molecular formula is C11H13BrO. The Bertz CT molecular complexity index is 305. The first kappa shape index (κ1) is 9.07. The van der Waals surface area contributed by atoms with Crippen LogP contribution < -0.4 is 4.74 Å². The van der Waals surface area contributed by atoms with Crippen molar-refractivity contribution in [3.05, 3.63) is 28.2 Å². The predicted octanol–water partition coefficient (Wildman–Crippen LogP) is 3.55. The van der Waals surface area contributed by atoms with Gasteiger partial charge in [-0.2, -0.15) is 0 Å². The van der Waals surface area contributed by atoms with Gasteiger partial charge in [-0.05, 0) is 37.0 Å². The summed E-state index contributed by atoms with van der Waals surface area (Å²) in [5.74, 6) is 1.05. The fourth-order valence-corrected chi connectivity index (χ4v) is 1.64. The lowest BCUT2D eigenvalue weighted by Gasteiger charge is -2.09. The molecule has 2 heteroatoms. The van der Waals surface area contributed by atoms with Crippen LogP contribution in [0.5, 0.6) is 5.75 Å². The van der Waals surface area contributed by atoms with Crippen LogP contribution in [0.4, 0.5) is 0 Å². The molecule has 0 amide bonds. The summed E-state index contributed by atoms with van der Waals surface area (Å²) >= 11 is 3.46. The van der Waals surface area contributed by atoms with Crippen LogP contribution in [0.2, 0.25) is 0 Å². The minimum absolute atomic E-state index is 0.486. The number of benzene rings is 1. The SMILES string of the molecule is CCc1ccc(Br)cc1OC1CC1. The average Bonchev–Trinajstić information content (AvgIpc) is 2.89. The Kier molecular flexibility index (Phi) is 2.58. The molecule has 1 aliphatic carbocycles. The first-order chi connectivity index (χ1) is 6.29. The number of ether oxygens (including phenoxy) is 1. The third kappa shape index (κ3) is 2.25. The van der Waals surface area contributed by atoms with Crippen LogP contribution in [0.25, 0.3) is 0 Å². The summed E-state index contributed by atoms with van der Waals surface area (Å²) < 4.78 is 6.90. The Hall–Kier alpha value is -0.500. The van der Waals surface area contributed by atoms with Crippen molar-refractivity contribution in [3.8, 4) is 5.75 Å². The van der Waals surface area contributed by atoms with Crippen molar-refractivity contribution in [1.82, 2.24) is 0 Å². The maximum Gasteiger partial charge on any atom is 0.124 e. The molecule has 0 unspecified atom stereocenters. The topological polar surface area (TPSA) is 9.23 Å². The van der Waals surface area contributed by atoms with E-state index in [1.54, 1.807) is 0 Å². The van der Waals surface area contributed by atoms with Crippen LogP contribution in [0.3, 0.4) is 0 Å². The lowest BCUT2D eigenvalue weighted by atomic mass is 10.1. The molecule has 2 rings (SSSR count). The summed E-state index contributed by atoms with van der Waals surface area (Å²) in [7, 11) is 0. The Labute approximate surface area is 87.2 Å². The van der Waals surface area contributed by atoms with E-state index in [0.29, 0.717) is 6.10 Å². The molecule has 13 heavy (non-hydrogen) atoms. The average molecular weight is 241 g/mol. The van der Waals surface area contributed by atoms with Gasteiger partial charge < -0.3 is 4.74 Å². The van der Waals surface area contributed by atoms with Gasteiger partial charge in [0, 0.05) is 4.47 Å². The Balaban J connectivity index is 2.22. The second kappa shape index (κ2) is 3.70. The van der Waals surface area contributed by atoms with E-state index in [2.05, 4.69) is 41.1 Å². The molecular weight excluding hydrogens is 228 g/mol. The maximum absolute atomic E-state index is 5.80. The number of halogens is 1. The van der Waals surface area contributed by atoms with Crippen LogP contribution in [-0.2, 0) is 6.42 Å². The fraction of sp³-hybridized carbons (Fsp3) is 0.455. The van der Waals surface area contributed by atoms with Crippen molar-refractivity contribution in [3.63, 3.8) is 0 Å². The second-order valence-corrected chi connectivity index (χ2v) is 4.34. The highest BCUT2D eigenvalue weighted by Gasteiger charge is 2.24. The molecule has 0 atom stereocenters. The van der Waals surface area contributed by atoms with E-state index < -0.39 is 0 Å². The summed E-state index contributed by atoms with van der Waals surface area (Å²) in [5.41, 5.74) is 1.30. The quantitative estimate of drug-likeness (QED) is 0.786. The third-order valence-corrected chi connectivity index (χ3v) is 2.72. The zero-order chi connectivity index (χ0) is 9.26. The molecule has 0 spiro atoms. The summed E-state index contributed by atoms with van der Waals surface area (Å²) in [6.45, 7) is 2.16. The smallest absolute Gasteiger partial charge is 0.124 e. The van der Waals surface area contributed by atoms with Crippen LogP contribution >= 0.6 is 15.9 Å². The van der Waals surface area contributed by atoms with Crippen LogP contribution in [0.15, 0.2) is 22.7 Å². The van der Waals surface area contributed by atoms with E-state index in [0.717, 1.165) is 16.6 Å². The summed E-state index contributed by atoms with van der Waals surface area (Å²) in [6, 6.07) is 6.26. The standard InChI is InChI=1S/C11H13BrO/c1-2-8-3-4-9(12)7-11(8)13-10-5-6-10/h3-4,7,10H,2,5-6H2,1H3. The van der Waals surface area contributed by atoms with Gasteiger partial charge in [-0.3, -0.25) is 0 Å². The third-order valence-electron chi connectivity index (χ3n) is 2.23. The minimum atomic E-state index is 0.486. The van der Waals surface area contributed by atoms with Crippen molar-refractivity contribution in [2.45, 2.75) is 32.3 Å². The lowest BCUT2D eigenvalue weighted by molar-refractivity contribution is 0.300. The van der Waals surface area contributed by atoms with E-state index in [1.807, 2.05) is 0 Å². The van der Waals surface area contributed by atoms with Crippen molar-refractivity contribution in [2.75, 3.05) is 0 Å². The number of rotatable bonds is 3. The van der Waals surface area contributed by atoms with Crippen molar-refractivity contribution in [2.24, 2.45) is 0 Å². The monoisotopic (exact) mass is 240 g/mol. The predicted molar refractivity (Wildman–Crippen MR) is 57.2 cm³/mol. The molecule has 0 radical (unpaired) electrons. The van der Waals surface area contributed by atoms with Gasteiger partial charge in [-0.25, -0.2) is 0 Å². The second-order valence-electron chi connectivity index (χ2n) is 3.42. The lowest BCUT2D eigenvalue weighted by Crippen LogP contribution is -1.98. The molecule has 1 aromatic carbocycles. The molecule has 0 saturated heterocycles. The normalized spacial score (nSPS) is 15.8. The highest BCUT2D eigenvalue weighted by Crippen LogP contribution is 2.31. The molecule has 0 heterocycles. The van der Waals surface area contributed by atoms with Crippen molar-refractivity contribution < 1.29 is 4.74 Å². The van der Waals surface area contributed by atoms with Gasteiger partial charge in [0.05, 0.1) is 6.10 Å². The van der Waals surface area contributed by atoms with Gasteiger partial charge in [-0.15, -0.1) is 0 Å².